The van der Waals surface area contributed by atoms with Crippen molar-refractivity contribution >= 4 is 38.4 Å². The minimum Gasteiger partial charge on any atom is -0.461 e. The molecule has 4 aromatic rings. The van der Waals surface area contributed by atoms with Gasteiger partial charge in [-0.05, 0) is 56.4 Å². The molecule has 42 heavy (non-hydrogen) atoms. The van der Waals surface area contributed by atoms with Crippen LogP contribution in [0.25, 0.3) is 22.2 Å². The Bertz CT molecular complexity index is 1700. The Morgan fingerprint density at radius 1 is 1.10 bits per heavy atom. The highest BCUT2D eigenvalue weighted by atomic mass is 35.5. The third-order valence-corrected chi connectivity index (χ3v) is 7.73. The molecular formula is C31H38ClN3O6S. The van der Waals surface area contributed by atoms with Crippen LogP contribution in [-0.4, -0.2) is 52.3 Å². The average molecular weight is 616 g/mol. The van der Waals surface area contributed by atoms with E-state index in [9.17, 15) is 18.3 Å². The smallest absolute Gasteiger partial charge is 0.355 e. The van der Waals surface area contributed by atoms with Gasteiger partial charge in [0, 0.05) is 16.8 Å². The number of fused-ring (bicyclic) bond motifs is 1. The molecule has 1 atom stereocenters. The average Bonchev–Trinajstić information content (AvgIpc) is 3.40. The lowest BCUT2D eigenvalue weighted by atomic mass is 10.0. The number of hydrogen-bond acceptors (Lipinski definition) is 7. The van der Waals surface area contributed by atoms with Crippen molar-refractivity contribution in [1.29, 1.82) is 0 Å². The fraction of sp³-hybridized carbons (Fsp3) is 0.419. The number of aromatic nitrogens is 3. The summed E-state index contributed by atoms with van der Waals surface area (Å²) in [4.78, 5) is 13.7. The van der Waals surface area contributed by atoms with Gasteiger partial charge in [0.15, 0.2) is 9.84 Å². The van der Waals surface area contributed by atoms with Crippen molar-refractivity contribution < 1.29 is 27.8 Å². The molecule has 1 N–H and O–H groups in total. The van der Waals surface area contributed by atoms with Crippen LogP contribution in [0.2, 0.25) is 5.02 Å². The Balaban J connectivity index is 2.13. The van der Waals surface area contributed by atoms with Gasteiger partial charge in [-0.2, -0.15) is 5.10 Å². The lowest BCUT2D eigenvalue weighted by Crippen LogP contribution is -2.28. The highest BCUT2D eigenvalue weighted by molar-refractivity contribution is 7.89. The number of nitrogens with zero attached hydrogens (tertiary/aromatic N) is 3. The van der Waals surface area contributed by atoms with Gasteiger partial charge in [-0.1, -0.05) is 67.9 Å². The van der Waals surface area contributed by atoms with E-state index in [-0.39, 0.29) is 29.0 Å². The minimum absolute atomic E-state index is 0.0800. The van der Waals surface area contributed by atoms with Crippen LogP contribution in [0.15, 0.2) is 48.5 Å². The highest BCUT2D eigenvalue weighted by Gasteiger charge is 2.35. The summed E-state index contributed by atoms with van der Waals surface area (Å²) >= 11 is 6.63. The van der Waals surface area contributed by atoms with Crippen LogP contribution in [0.1, 0.15) is 81.2 Å². The van der Waals surface area contributed by atoms with Gasteiger partial charge in [0.1, 0.15) is 5.69 Å². The predicted octanol–water partition coefficient (Wildman–Crippen LogP) is 6.31. The molecule has 0 aliphatic carbocycles. The summed E-state index contributed by atoms with van der Waals surface area (Å²) in [5, 5.41) is 16.8. The van der Waals surface area contributed by atoms with E-state index in [0.717, 1.165) is 11.8 Å². The lowest BCUT2D eigenvalue weighted by molar-refractivity contribution is -0.208. The maximum Gasteiger partial charge on any atom is 0.355 e. The second-order valence-electron chi connectivity index (χ2n) is 11.6. The Kier molecular flexibility index (Phi) is 9.22. The molecule has 0 amide bonds. The summed E-state index contributed by atoms with van der Waals surface area (Å²) in [5.41, 5.74) is 3.53. The number of sulfone groups is 1. The normalized spacial score (nSPS) is 13.2. The van der Waals surface area contributed by atoms with Gasteiger partial charge >= 0.3 is 5.97 Å². The fourth-order valence-electron chi connectivity index (χ4n) is 4.93. The Labute approximate surface area is 251 Å². The van der Waals surface area contributed by atoms with Crippen molar-refractivity contribution in [2.45, 2.75) is 71.8 Å². The van der Waals surface area contributed by atoms with E-state index in [1.54, 1.807) is 25.1 Å². The highest BCUT2D eigenvalue weighted by Crippen LogP contribution is 2.42. The van der Waals surface area contributed by atoms with Gasteiger partial charge in [-0.15, -0.1) is 0 Å². The van der Waals surface area contributed by atoms with Crippen molar-refractivity contribution in [3.63, 3.8) is 0 Å². The van der Waals surface area contributed by atoms with Gasteiger partial charge in [0.25, 0.3) is 0 Å². The second-order valence-corrected chi connectivity index (χ2v) is 14.2. The van der Waals surface area contributed by atoms with E-state index in [1.165, 1.54) is 4.57 Å². The van der Waals surface area contributed by atoms with Crippen molar-refractivity contribution in [3.05, 3.63) is 76.1 Å². The lowest BCUT2D eigenvalue weighted by Gasteiger charge is -2.26. The first-order valence-corrected chi connectivity index (χ1v) is 16.2. The summed E-state index contributed by atoms with van der Waals surface area (Å²) in [6, 6.07) is 14.8. The first-order valence-electron chi connectivity index (χ1n) is 13.8. The standard InChI is InChI=1S/C31H38ClN3O6S/c1-8-40-29(36)27-24(21-14-15-22(23(32)16-21)18-42(7,38)39)26-28(35(27)30(37)41-31(4,5)6)25(19(2)3)33-34(26)17-20-12-10-9-11-13-20/h9-16,19,30,37H,8,17-18H2,1-7H3. The molecule has 0 saturated heterocycles. The maximum atomic E-state index is 13.7. The molecule has 0 fully saturated rings. The quantitative estimate of drug-likeness (QED) is 0.164. The predicted molar refractivity (Wildman–Crippen MR) is 164 cm³/mol. The number of aliphatic hydroxyl groups excluding tert-OH is 1. The Morgan fingerprint density at radius 2 is 1.76 bits per heavy atom. The van der Waals surface area contributed by atoms with Crippen LogP contribution in [0.5, 0.6) is 0 Å². The zero-order chi connectivity index (χ0) is 31.0. The van der Waals surface area contributed by atoms with Crippen molar-refractivity contribution in [1.82, 2.24) is 14.3 Å². The summed E-state index contributed by atoms with van der Waals surface area (Å²) < 4.78 is 38.8. The fourth-order valence-corrected chi connectivity index (χ4v) is 6.07. The molecule has 4 rings (SSSR count). The van der Waals surface area contributed by atoms with E-state index in [0.29, 0.717) is 40.0 Å². The molecule has 0 radical (unpaired) electrons. The summed E-state index contributed by atoms with van der Waals surface area (Å²) in [7, 11) is -3.34. The van der Waals surface area contributed by atoms with E-state index in [4.69, 9.17) is 26.2 Å². The molecule has 0 saturated carbocycles. The molecule has 0 aliphatic rings. The van der Waals surface area contributed by atoms with Crippen LogP contribution in [0.3, 0.4) is 0 Å². The Hall–Kier alpha value is -3.18. The molecule has 2 aromatic heterocycles. The molecule has 0 spiro atoms. The van der Waals surface area contributed by atoms with Crippen LogP contribution in [0, 0.1) is 0 Å². The maximum absolute atomic E-state index is 13.7. The molecule has 11 heteroatoms. The monoisotopic (exact) mass is 615 g/mol. The molecule has 2 heterocycles. The van der Waals surface area contributed by atoms with Crippen LogP contribution >= 0.6 is 11.6 Å². The van der Waals surface area contributed by atoms with E-state index in [1.807, 2.05) is 69.6 Å². The number of ether oxygens (including phenoxy) is 2. The molecule has 0 aliphatic heterocycles. The molecule has 0 bridgehead atoms. The summed E-state index contributed by atoms with van der Waals surface area (Å²) in [6.07, 6.45) is -0.404. The van der Waals surface area contributed by atoms with Gasteiger partial charge in [0.05, 0.1) is 41.2 Å². The number of esters is 1. The zero-order valence-corrected chi connectivity index (χ0v) is 26.6. The molecular weight excluding hydrogens is 578 g/mol. The van der Waals surface area contributed by atoms with Crippen molar-refractivity contribution in [2.24, 2.45) is 0 Å². The number of aliphatic hydroxyl groups is 1. The summed E-state index contributed by atoms with van der Waals surface area (Å²) in [5.74, 6) is -0.962. The molecule has 1 unspecified atom stereocenters. The minimum atomic E-state index is -3.34. The first kappa shape index (κ1) is 31.7. The van der Waals surface area contributed by atoms with Crippen LogP contribution < -0.4 is 0 Å². The number of hydrogen-bond donors (Lipinski definition) is 1. The third-order valence-electron chi connectivity index (χ3n) is 6.54. The van der Waals surface area contributed by atoms with Crippen molar-refractivity contribution in [2.75, 3.05) is 12.9 Å². The number of benzene rings is 2. The van der Waals surface area contributed by atoms with Gasteiger partial charge in [-0.3, -0.25) is 9.25 Å². The number of halogens is 1. The topological polar surface area (TPSA) is 113 Å². The first-order chi connectivity index (χ1) is 19.6. The second kappa shape index (κ2) is 12.2. The molecule has 2 aromatic carbocycles. The SMILES string of the molecule is CCOC(=O)c1c(-c2ccc(CS(C)(=O)=O)c(Cl)c2)c2c(c(C(C)C)nn2Cc2ccccc2)n1C(O)OC(C)(C)C. The largest absolute Gasteiger partial charge is 0.461 e. The van der Waals surface area contributed by atoms with E-state index >= 15 is 0 Å². The number of carbonyl (C=O) groups is 1. The number of carbonyl (C=O) groups excluding carboxylic acids is 1. The van der Waals surface area contributed by atoms with Gasteiger partial charge in [-0.25, -0.2) is 13.2 Å². The van der Waals surface area contributed by atoms with Crippen LogP contribution in [0.4, 0.5) is 0 Å². The zero-order valence-electron chi connectivity index (χ0n) is 25.0. The van der Waals surface area contributed by atoms with E-state index < -0.39 is 27.8 Å². The number of rotatable bonds is 10. The van der Waals surface area contributed by atoms with Gasteiger partial charge in [0.2, 0.25) is 6.41 Å². The molecule has 226 valence electrons. The Morgan fingerprint density at radius 3 is 2.31 bits per heavy atom. The summed E-state index contributed by atoms with van der Waals surface area (Å²) in [6.45, 7) is 11.6. The third kappa shape index (κ3) is 6.89. The van der Waals surface area contributed by atoms with Gasteiger partial charge < -0.3 is 14.6 Å². The van der Waals surface area contributed by atoms with Crippen molar-refractivity contribution in [3.8, 4) is 11.1 Å². The van der Waals surface area contributed by atoms with E-state index in [2.05, 4.69) is 0 Å². The molecule has 9 nitrogen and oxygen atoms in total. The van der Waals surface area contributed by atoms with Crippen LogP contribution in [-0.2, 0) is 31.6 Å².